The van der Waals surface area contributed by atoms with Crippen LogP contribution in [0.3, 0.4) is 0 Å². The van der Waals surface area contributed by atoms with Crippen molar-refractivity contribution < 1.29 is 0 Å². The van der Waals surface area contributed by atoms with E-state index < -0.39 is 0 Å². The van der Waals surface area contributed by atoms with Gasteiger partial charge in [0.1, 0.15) is 5.82 Å². The Kier molecular flexibility index (Phi) is 2.80. The van der Waals surface area contributed by atoms with Crippen LogP contribution in [0, 0.1) is 6.92 Å². The third kappa shape index (κ3) is 2.70. The third-order valence-corrected chi connectivity index (χ3v) is 1.28. The molecule has 0 aliphatic rings. The highest BCUT2D eigenvalue weighted by Crippen LogP contribution is 2.03. The molecule has 0 fully saturated rings. The van der Waals surface area contributed by atoms with E-state index in [1.807, 2.05) is 39.0 Å². The zero-order chi connectivity index (χ0) is 8.97. The van der Waals surface area contributed by atoms with Crippen LogP contribution in [0.1, 0.15) is 19.5 Å². The van der Waals surface area contributed by atoms with Gasteiger partial charge in [0.2, 0.25) is 0 Å². The lowest BCUT2D eigenvalue weighted by atomic mass is 10.4. The summed E-state index contributed by atoms with van der Waals surface area (Å²) in [6.45, 7) is 5.82. The van der Waals surface area contributed by atoms with Crippen molar-refractivity contribution in [2.45, 2.75) is 20.8 Å². The van der Waals surface area contributed by atoms with Crippen LogP contribution < -0.4 is 5.43 Å². The molecule has 12 heavy (non-hydrogen) atoms. The lowest BCUT2D eigenvalue weighted by molar-refractivity contribution is 1.16. The molecule has 0 unspecified atom stereocenters. The first kappa shape index (κ1) is 8.71. The van der Waals surface area contributed by atoms with Crippen molar-refractivity contribution >= 4 is 11.5 Å². The number of nitrogens with one attached hydrogen (secondary N) is 1. The molecular formula is C9H13N3. The van der Waals surface area contributed by atoms with Gasteiger partial charge in [0, 0.05) is 11.4 Å². The van der Waals surface area contributed by atoms with Crippen molar-refractivity contribution in [3.8, 4) is 0 Å². The number of pyridine rings is 1. The number of hydrogen-bond acceptors (Lipinski definition) is 3. The Morgan fingerprint density at radius 1 is 1.42 bits per heavy atom. The number of aryl methyl sites for hydroxylation is 1. The number of hydrazone groups is 1. The molecular weight excluding hydrogens is 150 g/mol. The molecule has 0 atom stereocenters. The second-order valence-electron chi connectivity index (χ2n) is 2.84. The van der Waals surface area contributed by atoms with Gasteiger partial charge in [0.15, 0.2) is 0 Å². The minimum Gasteiger partial charge on any atom is -0.261 e. The van der Waals surface area contributed by atoms with Crippen LogP contribution in [0.4, 0.5) is 5.82 Å². The van der Waals surface area contributed by atoms with Gasteiger partial charge in [-0.3, -0.25) is 5.43 Å². The predicted molar refractivity (Wildman–Crippen MR) is 51.4 cm³/mol. The molecule has 1 rings (SSSR count). The van der Waals surface area contributed by atoms with E-state index in [9.17, 15) is 0 Å². The normalized spacial score (nSPS) is 9.25. The minimum atomic E-state index is 0.788. The first-order valence-electron chi connectivity index (χ1n) is 3.89. The van der Waals surface area contributed by atoms with Gasteiger partial charge in [-0.25, -0.2) is 4.98 Å². The van der Waals surface area contributed by atoms with Gasteiger partial charge in [-0.05, 0) is 32.9 Å². The van der Waals surface area contributed by atoms with Crippen molar-refractivity contribution in [2.75, 3.05) is 5.43 Å². The van der Waals surface area contributed by atoms with E-state index in [4.69, 9.17) is 0 Å². The predicted octanol–water partition coefficient (Wildman–Crippen LogP) is 2.20. The van der Waals surface area contributed by atoms with E-state index in [1.54, 1.807) is 0 Å². The van der Waals surface area contributed by atoms with E-state index in [1.165, 1.54) is 0 Å². The van der Waals surface area contributed by atoms with Gasteiger partial charge in [0.05, 0.1) is 0 Å². The monoisotopic (exact) mass is 163 g/mol. The van der Waals surface area contributed by atoms with Gasteiger partial charge >= 0.3 is 0 Å². The number of aromatic nitrogens is 1. The smallest absolute Gasteiger partial charge is 0.146 e. The summed E-state index contributed by atoms with van der Waals surface area (Å²) in [4.78, 5) is 4.23. The fourth-order valence-electron chi connectivity index (χ4n) is 0.774. The summed E-state index contributed by atoms with van der Waals surface area (Å²) < 4.78 is 0. The molecule has 0 aromatic carbocycles. The van der Waals surface area contributed by atoms with Crippen molar-refractivity contribution in [1.29, 1.82) is 0 Å². The lowest BCUT2D eigenvalue weighted by Crippen LogP contribution is -1.95. The highest BCUT2D eigenvalue weighted by atomic mass is 15.3. The molecule has 0 bridgehead atoms. The van der Waals surface area contributed by atoms with Crippen molar-refractivity contribution in [3.05, 3.63) is 23.9 Å². The molecule has 0 saturated carbocycles. The Balaban J connectivity index is 2.70. The number of anilines is 1. The summed E-state index contributed by atoms with van der Waals surface area (Å²) in [6.07, 6.45) is 0. The summed E-state index contributed by atoms with van der Waals surface area (Å²) in [5.74, 6) is 0.788. The summed E-state index contributed by atoms with van der Waals surface area (Å²) in [5, 5.41) is 4.04. The summed E-state index contributed by atoms with van der Waals surface area (Å²) in [5.41, 5.74) is 4.84. The number of nitrogens with zero attached hydrogens (tertiary/aromatic N) is 2. The molecule has 0 saturated heterocycles. The average Bonchev–Trinajstić information content (AvgIpc) is 2.01. The SMILES string of the molecule is CC(C)=NNc1cccc(C)n1. The standard InChI is InChI=1S/C9H13N3/c1-7(2)11-12-9-6-4-5-8(3)10-9/h4-6H,1-3H3,(H,10,12). The Bertz CT molecular complexity index is 288. The molecule has 1 N–H and O–H groups in total. The number of hydrogen-bond donors (Lipinski definition) is 1. The van der Waals surface area contributed by atoms with Crippen LogP contribution >= 0.6 is 0 Å². The van der Waals surface area contributed by atoms with Gasteiger partial charge in [0.25, 0.3) is 0 Å². The maximum atomic E-state index is 4.23. The van der Waals surface area contributed by atoms with Crippen LogP contribution in [0.15, 0.2) is 23.3 Å². The van der Waals surface area contributed by atoms with Gasteiger partial charge < -0.3 is 0 Å². The molecule has 0 aliphatic carbocycles. The highest BCUT2D eigenvalue weighted by Gasteiger charge is 1.90. The van der Waals surface area contributed by atoms with Crippen LogP contribution in [-0.4, -0.2) is 10.7 Å². The van der Waals surface area contributed by atoms with E-state index in [0.717, 1.165) is 17.2 Å². The first-order chi connectivity index (χ1) is 5.68. The summed E-state index contributed by atoms with van der Waals surface area (Å²) in [7, 11) is 0. The fourth-order valence-corrected chi connectivity index (χ4v) is 0.774. The van der Waals surface area contributed by atoms with Gasteiger partial charge in [-0.2, -0.15) is 5.10 Å². The largest absolute Gasteiger partial charge is 0.261 e. The maximum absolute atomic E-state index is 4.23. The molecule has 0 amide bonds. The van der Waals surface area contributed by atoms with E-state index >= 15 is 0 Å². The molecule has 0 radical (unpaired) electrons. The van der Waals surface area contributed by atoms with Crippen LogP contribution in [0.5, 0.6) is 0 Å². The van der Waals surface area contributed by atoms with Crippen LogP contribution in [0.25, 0.3) is 0 Å². The summed E-state index contributed by atoms with van der Waals surface area (Å²) in [6, 6.07) is 5.79. The summed E-state index contributed by atoms with van der Waals surface area (Å²) >= 11 is 0. The Morgan fingerprint density at radius 2 is 2.17 bits per heavy atom. The molecule has 0 spiro atoms. The quantitative estimate of drug-likeness (QED) is 0.536. The molecule has 3 heteroatoms. The molecule has 64 valence electrons. The fraction of sp³-hybridized carbons (Fsp3) is 0.333. The lowest BCUT2D eigenvalue weighted by Gasteiger charge is -1.99. The Labute approximate surface area is 72.5 Å². The third-order valence-electron chi connectivity index (χ3n) is 1.28. The molecule has 1 heterocycles. The molecule has 0 aliphatic heterocycles. The maximum Gasteiger partial charge on any atom is 0.146 e. The Hall–Kier alpha value is -1.38. The topological polar surface area (TPSA) is 37.3 Å². The Morgan fingerprint density at radius 3 is 2.75 bits per heavy atom. The van der Waals surface area contributed by atoms with Crippen molar-refractivity contribution in [3.63, 3.8) is 0 Å². The second-order valence-corrected chi connectivity index (χ2v) is 2.84. The molecule has 1 aromatic rings. The van der Waals surface area contributed by atoms with E-state index in [-0.39, 0.29) is 0 Å². The van der Waals surface area contributed by atoms with E-state index in [2.05, 4.69) is 15.5 Å². The molecule has 1 aromatic heterocycles. The second kappa shape index (κ2) is 3.85. The van der Waals surface area contributed by atoms with Crippen LogP contribution in [0.2, 0.25) is 0 Å². The van der Waals surface area contributed by atoms with Gasteiger partial charge in [-0.15, -0.1) is 0 Å². The van der Waals surface area contributed by atoms with Crippen molar-refractivity contribution in [2.24, 2.45) is 5.10 Å². The first-order valence-corrected chi connectivity index (χ1v) is 3.89. The zero-order valence-corrected chi connectivity index (χ0v) is 7.63. The number of rotatable bonds is 2. The highest BCUT2D eigenvalue weighted by molar-refractivity contribution is 5.79. The van der Waals surface area contributed by atoms with Crippen molar-refractivity contribution in [1.82, 2.24) is 4.98 Å². The van der Waals surface area contributed by atoms with Crippen LogP contribution in [-0.2, 0) is 0 Å². The zero-order valence-electron chi connectivity index (χ0n) is 7.63. The van der Waals surface area contributed by atoms with Gasteiger partial charge in [-0.1, -0.05) is 6.07 Å². The average molecular weight is 163 g/mol. The molecule has 3 nitrogen and oxygen atoms in total. The minimum absolute atomic E-state index is 0.788. The van der Waals surface area contributed by atoms with E-state index in [0.29, 0.717) is 0 Å².